The summed E-state index contributed by atoms with van der Waals surface area (Å²) in [6.45, 7) is 2.97. The zero-order valence-electron chi connectivity index (χ0n) is 14.6. The molecule has 26 heavy (non-hydrogen) atoms. The van der Waals surface area contributed by atoms with Crippen molar-refractivity contribution in [3.05, 3.63) is 29.8 Å². The van der Waals surface area contributed by atoms with Crippen LogP contribution >= 0.6 is 23.1 Å². The maximum absolute atomic E-state index is 12.5. The van der Waals surface area contributed by atoms with Gasteiger partial charge in [0.15, 0.2) is 4.34 Å². The first-order chi connectivity index (χ1) is 12.6. The summed E-state index contributed by atoms with van der Waals surface area (Å²) in [4.78, 5) is 26.6. The van der Waals surface area contributed by atoms with Crippen molar-refractivity contribution in [2.24, 2.45) is 5.92 Å². The van der Waals surface area contributed by atoms with Crippen LogP contribution in [0, 0.1) is 12.8 Å². The van der Waals surface area contributed by atoms with Crippen molar-refractivity contribution in [1.82, 2.24) is 10.2 Å². The first-order valence-electron chi connectivity index (χ1n) is 8.20. The summed E-state index contributed by atoms with van der Waals surface area (Å²) >= 11 is 2.86. The summed E-state index contributed by atoms with van der Waals surface area (Å²) < 4.78 is 5.78. The Morgan fingerprint density at radius 3 is 3.00 bits per heavy atom. The Labute approximate surface area is 160 Å². The van der Waals surface area contributed by atoms with Crippen LogP contribution in [-0.2, 0) is 14.3 Å². The number of amides is 2. The number of nitrogens with zero attached hydrogens (tertiary/aromatic N) is 3. The van der Waals surface area contributed by atoms with E-state index in [1.807, 2.05) is 31.2 Å². The molecule has 1 fully saturated rings. The Hall–Kier alpha value is -1.97. The van der Waals surface area contributed by atoms with Crippen LogP contribution < -0.4 is 10.2 Å². The summed E-state index contributed by atoms with van der Waals surface area (Å²) in [5, 5.41) is 11.3. The number of para-hydroxylation sites is 1. The van der Waals surface area contributed by atoms with Gasteiger partial charge >= 0.3 is 0 Å². The van der Waals surface area contributed by atoms with E-state index in [1.54, 1.807) is 12.0 Å². The van der Waals surface area contributed by atoms with Crippen molar-refractivity contribution in [2.45, 2.75) is 17.7 Å². The number of benzene rings is 1. The van der Waals surface area contributed by atoms with Crippen LogP contribution in [0.25, 0.3) is 0 Å². The molecule has 9 heteroatoms. The van der Waals surface area contributed by atoms with E-state index in [4.69, 9.17) is 4.74 Å². The molecule has 1 atom stereocenters. The zero-order chi connectivity index (χ0) is 18.5. The van der Waals surface area contributed by atoms with Gasteiger partial charge in [0.2, 0.25) is 16.9 Å². The van der Waals surface area contributed by atoms with Crippen LogP contribution in [0.2, 0.25) is 0 Å². The van der Waals surface area contributed by atoms with Gasteiger partial charge in [-0.05, 0) is 18.6 Å². The Kier molecular flexibility index (Phi) is 6.23. The lowest BCUT2D eigenvalue weighted by molar-refractivity contribution is -0.122. The number of methoxy groups -OCH3 is 1. The van der Waals surface area contributed by atoms with Crippen LogP contribution in [0.4, 0.5) is 10.8 Å². The van der Waals surface area contributed by atoms with Gasteiger partial charge in [-0.25, -0.2) is 0 Å². The number of hydrogen-bond acceptors (Lipinski definition) is 7. The standard InChI is InChI=1S/C17H20N4O3S2/c1-11-5-3-4-6-13(11)21-10-12(9-14(21)22)15(23)18-16-19-20-17(26-16)25-8-7-24-2/h3-6,12H,7-10H2,1-2H3,(H,18,19,23)/t12-/m1/s1. The summed E-state index contributed by atoms with van der Waals surface area (Å²) in [7, 11) is 1.65. The number of nitrogens with one attached hydrogen (secondary N) is 1. The molecule has 3 rings (SSSR count). The van der Waals surface area contributed by atoms with E-state index in [0.717, 1.165) is 21.3 Å². The molecule has 1 aliphatic heterocycles. The van der Waals surface area contributed by atoms with Crippen molar-refractivity contribution in [2.75, 3.05) is 36.2 Å². The fourth-order valence-electron chi connectivity index (χ4n) is 2.72. The highest BCUT2D eigenvalue weighted by Gasteiger charge is 2.35. The highest BCUT2D eigenvalue weighted by molar-refractivity contribution is 8.01. The molecule has 2 aromatic rings. The van der Waals surface area contributed by atoms with E-state index in [-0.39, 0.29) is 18.2 Å². The fourth-order valence-corrected chi connectivity index (χ4v) is 4.45. The number of aromatic nitrogens is 2. The maximum Gasteiger partial charge on any atom is 0.231 e. The highest BCUT2D eigenvalue weighted by Crippen LogP contribution is 2.29. The maximum atomic E-state index is 12.5. The Balaban J connectivity index is 1.59. The van der Waals surface area contributed by atoms with E-state index >= 15 is 0 Å². The molecule has 1 aromatic carbocycles. The van der Waals surface area contributed by atoms with E-state index < -0.39 is 5.92 Å². The van der Waals surface area contributed by atoms with Crippen molar-refractivity contribution < 1.29 is 14.3 Å². The van der Waals surface area contributed by atoms with Crippen LogP contribution in [0.3, 0.4) is 0 Å². The van der Waals surface area contributed by atoms with Crippen LogP contribution in [-0.4, -0.2) is 48.0 Å². The number of hydrogen-bond donors (Lipinski definition) is 1. The molecule has 0 radical (unpaired) electrons. The summed E-state index contributed by atoms with van der Waals surface area (Å²) in [5.74, 6) is 0.156. The smallest absolute Gasteiger partial charge is 0.231 e. The van der Waals surface area contributed by atoms with E-state index in [0.29, 0.717) is 18.3 Å². The molecule has 1 N–H and O–H groups in total. The third-order valence-electron chi connectivity index (χ3n) is 4.05. The second-order valence-corrected chi connectivity index (χ2v) is 8.22. The van der Waals surface area contributed by atoms with Crippen LogP contribution in [0.5, 0.6) is 0 Å². The van der Waals surface area contributed by atoms with Gasteiger partial charge in [-0.1, -0.05) is 41.3 Å². The number of ether oxygens (including phenoxy) is 1. The molecule has 0 bridgehead atoms. The number of rotatable bonds is 7. The number of carbonyl (C=O) groups excluding carboxylic acids is 2. The first-order valence-corrected chi connectivity index (χ1v) is 10.0. The molecule has 2 amide bonds. The lowest BCUT2D eigenvalue weighted by Gasteiger charge is -2.18. The molecular weight excluding hydrogens is 372 g/mol. The molecular formula is C17H20N4O3S2. The summed E-state index contributed by atoms with van der Waals surface area (Å²) in [6.07, 6.45) is 0.203. The second kappa shape index (κ2) is 8.61. The first kappa shape index (κ1) is 18.8. The Bertz CT molecular complexity index is 796. The fraction of sp³-hybridized carbons (Fsp3) is 0.412. The highest BCUT2D eigenvalue weighted by atomic mass is 32.2. The summed E-state index contributed by atoms with van der Waals surface area (Å²) in [6, 6.07) is 7.69. The molecule has 1 aliphatic rings. The van der Waals surface area contributed by atoms with Gasteiger partial charge in [0, 0.05) is 31.5 Å². The molecule has 1 saturated heterocycles. The van der Waals surface area contributed by atoms with Crippen molar-refractivity contribution in [3.63, 3.8) is 0 Å². The van der Waals surface area contributed by atoms with Gasteiger partial charge in [-0.15, -0.1) is 10.2 Å². The molecule has 0 aliphatic carbocycles. The van der Waals surface area contributed by atoms with Gasteiger partial charge in [-0.2, -0.15) is 0 Å². The molecule has 1 aromatic heterocycles. The van der Waals surface area contributed by atoms with Crippen molar-refractivity contribution in [1.29, 1.82) is 0 Å². The summed E-state index contributed by atoms with van der Waals surface area (Å²) in [5.41, 5.74) is 1.88. The van der Waals surface area contributed by atoms with Gasteiger partial charge in [0.25, 0.3) is 0 Å². The monoisotopic (exact) mass is 392 g/mol. The SMILES string of the molecule is COCCSc1nnc(NC(=O)[C@@H]2CC(=O)N(c3ccccc3C)C2)s1. The number of carbonyl (C=O) groups is 2. The number of thioether (sulfide) groups is 1. The molecule has 2 heterocycles. The van der Waals surface area contributed by atoms with Gasteiger partial charge in [0.05, 0.1) is 12.5 Å². The molecule has 0 unspecified atom stereocenters. The number of aryl methyl sites for hydroxylation is 1. The third kappa shape index (κ3) is 4.40. The minimum Gasteiger partial charge on any atom is -0.384 e. The van der Waals surface area contributed by atoms with Crippen molar-refractivity contribution in [3.8, 4) is 0 Å². The Morgan fingerprint density at radius 1 is 1.42 bits per heavy atom. The van der Waals surface area contributed by atoms with E-state index in [9.17, 15) is 9.59 Å². The average Bonchev–Trinajstić information content (AvgIpc) is 3.22. The molecule has 138 valence electrons. The molecule has 0 spiro atoms. The van der Waals surface area contributed by atoms with Gasteiger partial charge < -0.3 is 15.0 Å². The zero-order valence-corrected chi connectivity index (χ0v) is 16.2. The van der Waals surface area contributed by atoms with Crippen molar-refractivity contribution >= 4 is 45.7 Å². The van der Waals surface area contributed by atoms with Crippen LogP contribution in [0.1, 0.15) is 12.0 Å². The topological polar surface area (TPSA) is 84.4 Å². The lowest BCUT2D eigenvalue weighted by atomic mass is 10.1. The largest absolute Gasteiger partial charge is 0.384 e. The Morgan fingerprint density at radius 2 is 2.23 bits per heavy atom. The minimum absolute atomic E-state index is 0.0347. The van der Waals surface area contributed by atoms with Gasteiger partial charge in [0.1, 0.15) is 0 Å². The minimum atomic E-state index is -0.393. The van der Waals surface area contributed by atoms with E-state index in [1.165, 1.54) is 23.1 Å². The van der Waals surface area contributed by atoms with Crippen LogP contribution in [0.15, 0.2) is 28.6 Å². The predicted molar refractivity (Wildman–Crippen MR) is 103 cm³/mol. The molecule has 7 nitrogen and oxygen atoms in total. The normalized spacial score (nSPS) is 16.9. The average molecular weight is 393 g/mol. The quantitative estimate of drug-likeness (QED) is 0.443. The number of anilines is 2. The lowest BCUT2D eigenvalue weighted by Crippen LogP contribution is -2.28. The second-order valence-electron chi connectivity index (χ2n) is 5.90. The predicted octanol–water partition coefficient (Wildman–Crippen LogP) is 2.58. The van der Waals surface area contributed by atoms with Gasteiger partial charge in [-0.3, -0.25) is 9.59 Å². The molecule has 0 saturated carbocycles. The third-order valence-corrected chi connectivity index (χ3v) is 5.99. The van der Waals surface area contributed by atoms with E-state index in [2.05, 4.69) is 15.5 Å².